The van der Waals surface area contributed by atoms with Gasteiger partial charge < -0.3 is 10.6 Å². The van der Waals surface area contributed by atoms with Crippen LogP contribution < -0.4 is 16.0 Å². The molecule has 2 saturated carbocycles. The third-order valence-electron chi connectivity index (χ3n) is 9.35. The van der Waals surface area contributed by atoms with Crippen LogP contribution in [0.25, 0.3) is 0 Å². The predicted octanol–water partition coefficient (Wildman–Crippen LogP) is 4.76. The lowest BCUT2D eigenvalue weighted by atomic mass is 9.69. The molecule has 3 fully saturated rings. The lowest BCUT2D eigenvalue weighted by Crippen LogP contribution is -2.44. The molecule has 2 aromatic rings. The van der Waals surface area contributed by atoms with Crippen molar-refractivity contribution in [1.29, 1.82) is 0 Å². The second kappa shape index (κ2) is 8.90. The molecule has 3 aliphatic rings. The molecule has 1 saturated heterocycles. The number of amides is 3. The van der Waals surface area contributed by atoms with Crippen molar-refractivity contribution >= 4 is 23.4 Å². The number of fused-ring (bicyclic) bond motifs is 2. The average molecular weight is 474 g/mol. The molecular weight excluding hydrogens is 438 g/mol. The van der Waals surface area contributed by atoms with E-state index in [1.54, 1.807) is 0 Å². The van der Waals surface area contributed by atoms with E-state index in [2.05, 4.69) is 36.7 Å². The van der Waals surface area contributed by atoms with E-state index in [0.717, 1.165) is 18.0 Å². The Hall–Kier alpha value is -2.99. The first-order valence-electron chi connectivity index (χ1n) is 12.7. The summed E-state index contributed by atoms with van der Waals surface area (Å²) < 4.78 is 0. The van der Waals surface area contributed by atoms with E-state index in [9.17, 15) is 14.4 Å². The van der Waals surface area contributed by atoms with E-state index in [0.29, 0.717) is 41.0 Å². The fraction of sp³-hybridized carbons (Fsp3) is 0.483. The quantitative estimate of drug-likeness (QED) is 0.528. The highest BCUT2D eigenvalue weighted by molar-refractivity contribution is 6.04. The molecule has 0 radical (unpaired) electrons. The molecule has 4 atom stereocenters. The van der Waals surface area contributed by atoms with Crippen molar-refractivity contribution in [2.75, 3.05) is 5.32 Å². The molecule has 6 heteroatoms. The largest absolute Gasteiger partial charge is 0.322 e. The number of imide groups is 1. The van der Waals surface area contributed by atoms with Gasteiger partial charge in [-0.25, -0.2) is 0 Å². The molecule has 2 aromatic carbocycles. The summed E-state index contributed by atoms with van der Waals surface area (Å²) in [6.07, 6.45) is 4.71. The Labute approximate surface area is 207 Å². The van der Waals surface area contributed by atoms with Gasteiger partial charge in [-0.1, -0.05) is 45.0 Å². The Bertz CT molecular complexity index is 1160. The maximum absolute atomic E-state index is 12.8. The Balaban J connectivity index is 1.19. The van der Waals surface area contributed by atoms with Crippen LogP contribution in [0.4, 0.5) is 5.69 Å². The smallest absolute Gasteiger partial charge is 0.255 e. The minimum Gasteiger partial charge on any atom is -0.322 e. The van der Waals surface area contributed by atoms with Crippen molar-refractivity contribution in [2.45, 2.75) is 71.4 Å². The van der Waals surface area contributed by atoms with Crippen molar-refractivity contribution < 1.29 is 14.4 Å². The van der Waals surface area contributed by atoms with Crippen molar-refractivity contribution in [3.8, 4) is 0 Å². The van der Waals surface area contributed by atoms with E-state index in [1.807, 2.05) is 48.5 Å². The fourth-order valence-corrected chi connectivity index (χ4v) is 6.58. The number of benzene rings is 2. The Kier molecular flexibility index (Phi) is 6.04. The zero-order valence-electron chi connectivity index (χ0n) is 20.8. The van der Waals surface area contributed by atoms with Crippen LogP contribution >= 0.6 is 0 Å². The molecule has 5 rings (SSSR count). The van der Waals surface area contributed by atoms with Crippen LogP contribution in [0.15, 0.2) is 48.5 Å². The van der Waals surface area contributed by atoms with E-state index >= 15 is 0 Å². The molecule has 1 heterocycles. The lowest BCUT2D eigenvalue weighted by molar-refractivity contribution is -0.134. The summed E-state index contributed by atoms with van der Waals surface area (Å²) in [5.41, 5.74) is 3.93. The number of hydrogen-bond donors (Lipinski definition) is 3. The van der Waals surface area contributed by atoms with Crippen LogP contribution in [0.1, 0.15) is 80.3 Å². The van der Waals surface area contributed by atoms with Gasteiger partial charge in [0.1, 0.15) is 0 Å². The number of piperidine rings is 1. The summed E-state index contributed by atoms with van der Waals surface area (Å²) in [6, 6.07) is 15.6. The van der Waals surface area contributed by atoms with Gasteiger partial charge in [-0.15, -0.1) is 0 Å². The third-order valence-corrected chi connectivity index (χ3v) is 9.35. The van der Waals surface area contributed by atoms with E-state index in [-0.39, 0.29) is 23.6 Å². The molecule has 3 N–H and O–H groups in total. The number of nitrogens with one attached hydrogen (secondary N) is 3. The monoisotopic (exact) mass is 473 g/mol. The number of carbonyl (C=O) groups is 3. The number of rotatable bonds is 6. The highest BCUT2D eigenvalue weighted by Crippen LogP contribution is 2.65. The normalized spacial score (nSPS) is 29.2. The second-order valence-corrected chi connectivity index (χ2v) is 11.3. The van der Waals surface area contributed by atoms with Gasteiger partial charge in [-0.3, -0.25) is 19.7 Å². The van der Waals surface area contributed by atoms with E-state index in [4.69, 9.17) is 0 Å². The fourth-order valence-electron chi connectivity index (χ4n) is 6.58. The zero-order chi connectivity index (χ0) is 24.8. The summed E-state index contributed by atoms with van der Waals surface area (Å²) >= 11 is 0. The molecule has 1 aliphatic heterocycles. The van der Waals surface area contributed by atoms with Crippen LogP contribution in [0.5, 0.6) is 0 Å². The summed E-state index contributed by atoms with van der Waals surface area (Å²) in [7, 11) is 0. The SMILES string of the molecule is CC1(C)[C@@H]2CC[C@@]1(C)[C@@H](NCc1ccc(C(=O)Nc3cccc(C4CCC(=O)NC4=O)c3)cc1)C2. The maximum Gasteiger partial charge on any atom is 0.255 e. The number of hydrogen-bond acceptors (Lipinski definition) is 4. The summed E-state index contributed by atoms with van der Waals surface area (Å²) in [4.78, 5) is 36.5. The summed E-state index contributed by atoms with van der Waals surface area (Å²) in [5.74, 6) is -0.268. The first kappa shape index (κ1) is 23.7. The van der Waals surface area contributed by atoms with Crippen LogP contribution in [0.2, 0.25) is 0 Å². The molecule has 35 heavy (non-hydrogen) atoms. The minimum absolute atomic E-state index is 0.188. The Morgan fingerprint density at radius 2 is 1.83 bits per heavy atom. The number of anilines is 1. The van der Waals surface area contributed by atoms with Crippen LogP contribution in [0.3, 0.4) is 0 Å². The molecule has 0 spiro atoms. The first-order chi connectivity index (χ1) is 16.7. The molecule has 0 aromatic heterocycles. The Morgan fingerprint density at radius 1 is 1.06 bits per heavy atom. The van der Waals surface area contributed by atoms with Gasteiger partial charge in [0.25, 0.3) is 5.91 Å². The third kappa shape index (κ3) is 4.29. The maximum atomic E-state index is 12.8. The van der Waals surface area contributed by atoms with Crippen LogP contribution in [0, 0.1) is 16.7 Å². The van der Waals surface area contributed by atoms with Gasteiger partial charge >= 0.3 is 0 Å². The predicted molar refractivity (Wildman–Crippen MR) is 136 cm³/mol. The van der Waals surface area contributed by atoms with Crippen molar-refractivity contribution in [3.63, 3.8) is 0 Å². The lowest BCUT2D eigenvalue weighted by Gasteiger charge is -2.39. The second-order valence-electron chi connectivity index (χ2n) is 11.3. The molecule has 184 valence electrons. The van der Waals surface area contributed by atoms with Gasteiger partial charge in [-0.05, 0) is 77.8 Å². The van der Waals surface area contributed by atoms with Crippen molar-refractivity contribution in [1.82, 2.24) is 10.6 Å². The molecule has 2 bridgehead atoms. The van der Waals surface area contributed by atoms with Crippen molar-refractivity contribution in [3.05, 3.63) is 65.2 Å². The van der Waals surface area contributed by atoms with Gasteiger partial charge in [0, 0.05) is 30.3 Å². The van der Waals surface area contributed by atoms with E-state index < -0.39 is 0 Å². The summed E-state index contributed by atoms with van der Waals surface area (Å²) in [6.45, 7) is 8.11. The highest BCUT2D eigenvalue weighted by Gasteiger charge is 2.60. The van der Waals surface area contributed by atoms with Crippen LogP contribution in [-0.4, -0.2) is 23.8 Å². The highest BCUT2D eigenvalue weighted by atomic mass is 16.2. The van der Waals surface area contributed by atoms with Gasteiger partial charge in [0.2, 0.25) is 11.8 Å². The standard InChI is InChI=1S/C29H35N3O3/c1-28(2)21-13-14-29(28,3)24(16-21)30-17-18-7-9-19(10-8-18)26(34)31-22-6-4-5-20(15-22)23-11-12-25(33)32-27(23)35/h4-10,15,21,23-24,30H,11-14,16-17H2,1-3H3,(H,31,34)(H,32,33,35)/t21-,23?,24+,29+/m1/s1. The van der Waals surface area contributed by atoms with E-state index in [1.165, 1.54) is 24.8 Å². The molecular formula is C29H35N3O3. The van der Waals surface area contributed by atoms with Gasteiger partial charge in [0.15, 0.2) is 0 Å². The zero-order valence-corrected chi connectivity index (χ0v) is 20.8. The molecule has 1 unspecified atom stereocenters. The van der Waals surface area contributed by atoms with Crippen LogP contribution in [-0.2, 0) is 16.1 Å². The topological polar surface area (TPSA) is 87.3 Å². The van der Waals surface area contributed by atoms with Gasteiger partial charge in [0.05, 0.1) is 5.92 Å². The Morgan fingerprint density at radius 3 is 2.49 bits per heavy atom. The van der Waals surface area contributed by atoms with Crippen molar-refractivity contribution in [2.24, 2.45) is 16.7 Å². The molecule has 3 amide bonds. The first-order valence-corrected chi connectivity index (χ1v) is 12.7. The minimum atomic E-state index is -0.376. The summed E-state index contributed by atoms with van der Waals surface area (Å²) in [5, 5.41) is 9.13. The molecule has 2 aliphatic carbocycles. The molecule has 6 nitrogen and oxygen atoms in total. The average Bonchev–Trinajstić information content (AvgIpc) is 3.17. The number of carbonyl (C=O) groups excluding carboxylic acids is 3. The van der Waals surface area contributed by atoms with Gasteiger partial charge in [-0.2, -0.15) is 0 Å².